The SMILES string of the molecule is N[C@@H]1CCN2C(=O)N(c3ccc(N4C=NCCC4)cc3)C[C@H]12. The Labute approximate surface area is 130 Å². The van der Waals surface area contributed by atoms with Gasteiger partial charge in [-0.05, 0) is 37.1 Å². The molecule has 1 aromatic rings. The molecule has 0 bridgehead atoms. The van der Waals surface area contributed by atoms with E-state index in [1.807, 2.05) is 28.3 Å². The van der Waals surface area contributed by atoms with E-state index < -0.39 is 0 Å². The molecule has 0 aromatic heterocycles. The molecule has 3 aliphatic heterocycles. The van der Waals surface area contributed by atoms with E-state index in [1.165, 1.54) is 0 Å². The second-order valence-corrected chi connectivity index (χ2v) is 6.19. The zero-order valence-corrected chi connectivity index (χ0v) is 12.6. The number of anilines is 2. The third-order valence-electron chi connectivity index (χ3n) is 4.84. The molecule has 2 fully saturated rings. The molecule has 116 valence electrons. The van der Waals surface area contributed by atoms with Gasteiger partial charge >= 0.3 is 6.03 Å². The molecule has 0 aliphatic carbocycles. The first-order chi connectivity index (χ1) is 10.7. The highest BCUT2D eigenvalue weighted by Crippen LogP contribution is 2.30. The van der Waals surface area contributed by atoms with E-state index in [9.17, 15) is 4.79 Å². The van der Waals surface area contributed by atoms with Crippen LogP contribution in [-0.2, 0) is 0 Å². The Bertz CT molecular complexity index is 599. The van der Waals surface area contributed by atoms with Crippen molar-refractivity contribution in [1.82, 2.24) is 4.90 Å². The second kappa shape index (κ2) is 5.28. The average Bonchev–Trinajstić information content (AvgIpc) is 3.09. The summed E-state index contributed by atoms with van der Waals surface area (Å²) in [4.78, 5) is 22.7. The lowest BCUT2D eigenvalue weighted by Crippen LogP contribution is -2.37. The molecule has 2 N–H and O–H groups in total. The summed E-state index contributed by atoms with van der Waals surface area (Å²) in [7, 11) is 0. The molecular formula is C16H21N5O. The Hall–Kier alpha value is -2.08. The van der Waals surface area contributed by atoms with Gasteiger partial charge in [0.05, 0.1) is 12.4 Å². The topological polar surface area (TPSA) is 65.2 Å². The van der Waals surface area contributed by atoms with Crippen LogP contribution in [0.3, 0.4) is 0 Å². The lowest BCUT2D eigenvalue weighted by molar-refractivity contribution is 0.218. The third-order valence-corrected chi connectivity index (χ3v) is 4.84. The molecule has 0 saturated carbocycles. The van der Waals surface area contributed by atoms with Gasteiger partial charge in [0.15, 0.2) is 0 Å². The van der Waals surface area contributed by atoms with Crippen molar-refractivity contribution in [2.24, 2.45) is 10.7 Å². The zero-order chi connectivity index (χ0) is 15.1. The maximum absolute atomic E-state index is 12.5. The summed E-state index contributed by atoms with van der Waals surface area (Å²) >= 11 is 0. The van der Waals surface area contributed by atoms with Gasteiger partial charge in [0.2, 0.25) is 0 Å². The number of nitrogens with two attached hydrogens (primary N) is 1. The number of fused-ring (bicyclic) bond motifs is 1. The molecule has 3 heterocycles. The predicted octanol–water partition coefficient (Wildman–Crippen LogP) is 1.27. The lowest BCUT2D eigenvalue weighted by atomic mass is 10.1. The van der Waals surface area contributed by atoms with Gasteiger partial charge in [0, 0.05) is 43.6 Å². The van der Waals surface area contributed by atoms with Crippen LogP contribution in [0.5, 0.6) is 0 Å². The summed E-state index contributed by atoms with van der Waals surface area (Å²) in [6.45, 7) is 3.39. The number of aliphatic imine (C=N–C) groups is 1. The summed E-state index contributed by atoms with van der Waals surface area (Å²) in [5.74, 6) is 0. The number of hydrogen-bond acceptors (Lipinski definition) is 4. The van der Waals surface area contributed by atoms with Crippen LogP contribution in [-0.4, -0.2) is 55.5 Å². The van der Waals surface area contributed by atoms with Gasteiger partial charge in [-0.3, -0.25) is 9.89 Å². The van der Waals surface area contributed by atoms with Crippen molar-refractivity contribution in [1.29, 1.82) is 0 Å². The average molecular weight is 299 g/mol. The van der Waals surface area contributed by atoms with Gasteiger partial charge in [-0.2, -0.15) is 0 Å². The standard InChI is InChI=1S/C16H21N5O/c17-14-6-9-20-15(14)10-21(16(20)22)13-4-2-12(3-5-13)19-8-1-7-18-11-19/h2-5,11,14-15H,1,6-10,17H2/t14-,15-/m1/s1. The zero-order valence-electron chi connectivity index (χ0n) is 12.6. The number of nitrogens with zero attached hydrogens (tertiary/aromatic N) is 4. The summed E-state index contributed by atoms with van der Waals surface area (Å²) in [5, 5.41) is 0. The minimum absolute atomic E-state index is 0.0882. The van der Waals surface area contributed by atoms with E-state index in [1.54, 1.807) is 0 Å². The van der Waals surface area contributed by atoms with Crippen LogP contribution in [0.15, 0.2) is 29.3 Å². The molecule has 22 heavy (non-hydrogen) atoms. The van der Waals surface area contributed by atoms with E-state index in [-0.39, 0.29) is 18.1 Å². The normalized spacial score (nSPS) is 27.7. The number of hydrogen-bond donors (Lipinski definition) is 1. The first-order valence-corrected chi connectivity index (χ1v) is 7.94. The molecule has 6 nitrogen and oxygen atoms in total. The number of benzene rings is 1. The monoisotopic (exact) mass is 299 g/mol. The van der Waals surface area contributed by atoms with Gasteiger partial charge < -0.3 is 15.5 Å². The minimum Gasteiger partial charge on any atom is -0.333 e. The van der Waals surface area contributed by atoms with E-state index in [0.717, 1.165) is 43.9 Å². The fraction of sp³-hybridized carbons (Fsp3) is 0.500. The number of urea groups is 1. The van der Waals surface area contributed by atoms with Crippen LogP contribution in [0.25, 0.3) is 0 Å². The van der Waals surface area contributed by atoms with Gasteiger partial charge in [-0.1, -0.05) is 0 Å². The van der Waals surface area contributed by atoms with Gasteiger partial charge in [0.1, 0.15) is 0 Å². The summed E-state index contributed by atoms with van der Waals surface area (Å²) in [6, 6.07) is 8.52. The number of rotatable bonds is 2. The molecule has 2 atom stereocenters. The molecule has 2 amide bonds. The Morgan fingerprint density at radius 2 is 1.91 bits per heavy atom. The number of carbonyl (C=O) groups excluding carboxylic acids is 1. The molecule has 3 aliphatic rings. The van der Waals surface area contributed by atoms with Crippen molar-refractivity contribution in [3.8, 4) is 0 Å². The molecular weight excluding hydrogens is 278 g/mol. The summed E-state index contributed by atoms with van der Waals surface area (Å²) in [5.41, 5.74) is 8.17. The molecule has 6 heteroatoms. The Morgan fingerprint density at radius 3 is 2.59 bits per heavy atom. The largest absolute Gasteiger partial charge is 0.333 e. The van der Waals surface area contributed by atoms with Crippen molar-refractivity contribution in [3.05, 3.63) is 24.3 Å². The molecule has 4 rings (SSSR count). The van der Waals surface area contributed by atoms with E-state index in [0.29, 0.717) is 6.54 Å². The smallest absolute Gasteiger partial charge is 0.324 e. The lowest BCUT2D eigenvalue weighted by Gasteiger charge is -2.23. The molecule has 0 unspecified atom stereocenters. The second-order valence-electron chi connectivity index (χ2n) is 6.19. The Kier molecular flexibility index (Phi) is 3.26. The minimum atomic E-state index is 0.0882. The first-order valence-electron chi connectivity index (χ1n) is 7.94. The predicted molar refractivity (Wildman–Crippen MR) is 87.6 cm³/mol. The van der Waals surface area contributed by atoms with E-state index in [4.69, 9.17) is 5.73 Å². The fourth-order valence-electron chi connectivity index (χ4n) is 3.55. The highest BCUT2D eigenvalue weighted by molar-refractivity contribution is 5.95. The van der Waals surface area contributed by atoms with Crippen molar-refractivity contribution in [2.75, 3.05) is 36.0 Å². The van der Waals surface area contributed by atoms with E-state index >= 15 is 0 Å². The highest BCUT2D eigenvalue weighted by Gasteiger charge is 2.44. The van der Waals surface area contributed by atoms with Gasteiger partial charge in [0.25, 0.3) is 0 Å². The van der Waals surface area contributed by atoms with E-state index in [2.05, 4.69) is 22.0 Å². The van der Waals surface area contributed by atoms with Crippen molar-refractivity contribution >= 4 is 23.7 Å². The summed E-state index contributed by atoms with van der Waals surface area (Å²) < 4.78 is 0. The van der Waals surface area contributed by atoms with Crippen molar-refractivity contribution < 1.29 is 4.79 Å². The highest BCUT2D eigenvalue weighted by atomic mass is 16.2. The first kappa shape index (κ1) is 13.6. The Balaban J connectivity index is 1.53. The van der Waals surface area contributed by atoms with Crippen LogP contribution >= 0.6 is 0 Å². The van der Waals surface area contributed by atoms with Crippen LogP contribution in [0.4, 0.5) is 16.2 Å². The van der Waals surface area contributed by atoms with Gasteiger partial charge in [-0.15, -0.1) is 0 Å². The summed E-state index contributed by atoms with van der Waals surface area (Å²) in [6.07, 6.45) is 3.89. The molecule has 0 spiro atoms. The molecule has 1 aromatic carbocycles. The van der Waals surface area contributed by atoms with Crippen LogP contribution in [0.1, 0.15) is 12.8 Å². The van der Waals surface area contributed by atoms with Gasteiger partial charge in [-0.25, -0.2) is 4.79 Å². The third kappa shape index (κ3) is 2.14. The van der Waals surface area contributed by atoms with Crippen LogP contribution in [0.2, 0.25) is 0 Å². The molecule has 2 saturated heterocycles. The maximum Gasteiger partial charge on any atom is 0.324 e. The van der Waals surface area contributed by atoms with Crippen molar-refractivity contribution in [3.63, 3.8) is 0 Å². The maximum atomic E-state index is 12.5. The number of carbonyl (C=O) groups is 1. The quantitative estimate of drug-likeness (QED) is 0.894. The van der Waals surface area contributed by atoms with Crippen LogP contribution < -0.4 is 15.5 Å². The van der Waals surface area contributed by atoms with Crippen LogP contribution in [0, 0.1) is 0 Å². The van der Waals surface area contributed by atoms with Crippen molar-refractivity contribution in [2.45, 2.75) is 24.9 Å². The fourth-order valence-corrected chi connectivity index (χ4v) is 3.55. The Morgan fingerprint density at radius 1 is 1.14 bits per heavy atom. The molecule has 0 radical (unpaired) electrons. The number of amides is 2.